The predicted molar refractivity (Wildman–Crippen MR) is 288 cm³/mol. The second kappa shape index (κ2) is 19.8. The monoisotopic (exact) mass is 879 g/mol. The van der Waals surface area contributed by atoms with Crippen molar-refractivity contribution in [3.8, 4) is 22.3 Å². The summed E-state index contributed by atoms with van der Waals surface area (Å²) >= 11 is 0. The van der Waals surface area contributed by atoms with Crippen LogP contribution in [0.25, 0.3) is 45.0 Å². The van der Waals surface area contributed by atoms with Crippen LogP contribution in [0, 0.1) is 47.0 Å². The first-order chi connectivity index (χ1) is 31.1. The molecule has 2 atom stereocenters. The van der Waals surface area contributed by atoms with E-state index in [0.29, 0.717) is 0 Å². The van der Waals surface area contributed by atoms with Gasteiger partial charge in [0.15, 0.2) is 0 Å². The molecule has 2 N–H and O–H groups in total. The van der Waals surface area contributed by atoms with E-state index >= 15 is 0 Å². The summed E-state index contributed by atoms with van der Waals surface area (Å²) in [7, 11) is 8.58. The third-order valence-electron chi connectivity index (χ3n) is 14.3. The highest BCUT2D eigenvalue weighted by Crippen LogP contribution is 2.43. The van der Waals surface area contributed by atoms with Gasteiger partial charge < -0.3 is 20.4 Å². The van der Waals surface area contributed by atoms with Crippen molar-refractivity contribution >= 4 is 22.8 Å². The molecule has 6 aromatic carbocycles. The Morgan fingerprint density at radius 3 is 1.26 bits per heavy atom. The van der Waals surface area contributed by atoms with E-state index < -0.39 is 0 Å². The number of nitrogens with zero attached hydrogens (tertiary/aromatic N) is 2. The maximum absolute atomic E-state index is 3.67. The minimum atomic E-state index is 0.0437. The molecule has 346 valence electrons. The molecule has 2 unspecified atom stereocenters. The van der Waals surface area contributed by atoms with Crippen LogP contribution in [-0.2, 0) is 5.41 Å². The van der Waals surface area contributed by atoms with E-state index in [4.69, 9.17) is 0 Å². The minimum absolute atomic E-state index is 0.0437. The molecule has 0 aliphatic carbocycles. The van der Waals surface area contributed by atoms with Crippen LogP contribution in [0.3, 0.4) is 0 Å². The van der Waals surface area contributed by atoms with Crippen molar-refractivity contribution in [3.63, 3.8) is 0 Å². The standard InChI is InChI=1S/C62H78N4/c1-39-37-40(2)54(47-29-31-48(32-30-47)55-41(3)38-42(4)56(44(55)6)62(12,13)14)43(5)53(39)45(7)65(17)59(57(63-15)49-25-21-19-22-26-49)51-33-35-52(36-34-51)60(66(18)46(8)61(9,10)11)58(64-16)50-27-23-20-24-28-50/h19-38,45-46,63-64H,1-18H3/b59-57-,60-58-. The van der Waals surface area contributed by atoms with Crippen LogP contribution in [0.1, 0.15) is 128 Å². The number of nitrogens with one attached hydrogen (secondary N) is 2. The molecular formula is C62H78N4. The maximum atomic E-state index is 3.67. The molecule has 0 radical (unpaired) electrons. The Bertz CT molecular complexity index is 2710. The molecule has 0 saturated carbocycles. The molecule has 6 aromatic rings. The molecule has 0 saturated heterocycles. The molecular weight excluding hydrogens is 801 g/mol. The van der Waals surface area contributed by atoms with Crippen LogP contribution in [-0.4, -0.2) is 44.0 Å². The summed E-state index contributed by atoms with van der Waals surface area (Å²) in [6, 6.07) is 45.1. The van der Waals surface area contributed by atoms with Gasteiger partial charge in [0.25, 0.3) is 0 Å². The molecule has 0 aliphatic heterocycles. The molecule has 66 heavy (non-hydrogen) atoms. The first kappa shape index (κ1) is 49.4. The van der Waals surface area contributed by atoms with E-state index in [-0.39, 0.29) is 22.9 Å². The van der Waals surface area contributed by atoms with Gasteiger partial charge in [0.05, 0.1) is 28.8 Å². The van der Waals surface area contributed by atoms with Crippen molar-refractivity contribution in [1.82, 2.24) is 20.4 Å². The van der Waals surface area contributed by atoms with E-state index in [2.05, 4.69) is 253 Å². The zero-order chi connectivity index (χ0) is 48.4. The van der Waals surface area contributed by atoms with Crippen LogP contribution in [0.4, 0.5) is 0 Å². The topological polar surface area (TPSA) is 30.5 Å². The summed E-state index contributed by atoms with van der Waals surface area (Å²) in [5.74, 6) is 0. The van der Waals surface area contributed by atoms with Gasteiger partial charge >= 0.3 is 0 Å². The molecule has 0 amide bonds. The van der Waals surface area contributed by atoms with Crippen LogP contribution < -0.4 is 10.6 Å². The summed E-state index contributed by atoms with van der Waals surface area (Å²) in [5, 5.41) is 7.27. The van der Waals surface area contributed by atoms with Gasteiger partial charge in [-0.2, -0.15) is 0 Å². The summed E-state index contributed by atoms with van der Waals surface area (Å²) < 4.78 is 0. The van der Waals surface area contributed by atoms with Crippen LogP contribution in [0.15, 0.2) is 121 Å². The Kier molecular flexibility index (Phi) is 14.9. The summed E-state index contributed by atoms with van der Waals surface area (Å²) in [4.78, 5) is 4.93. The summed E-state index contributed by atoms with van der Waals surface area (Å²) in [6.07, 6.45) is 0. The first-order valence-corrected chi connectivity index (χ1v) is 24.0. The smallest absolute Gasteiger partial charge is 0.0684 e. The lowest BCUT2D eigenvalue weighted by Crippen LogP contribution is -2.39. The highest BCUT2D eigenvalue weighted by atomic mass is 15.2. The van der Waals surface area contributed by atoms with Crippen LogP contribution in [0.2, 0.25) is 0 Å². The predicted octanol–water partition coefficient (Wildman–Crippen LogP) is 15.3. The number of hydrogen-bond donors (Lipinski definition) is 2. The summed E-state index contributed by atoms with van der Waals surface area (Å²) in [6.45, 7) is 32.3. The van der Waals surface area contributed by atoms with Crippen molar-refractivity contribution in [2.45, 2.75) is 114 Å². The Labute approximate surface area is 399 Å². The van der Waals surface area contributed by atoms with E-state index in [1.807, 2.05) is 14.1 Å². The molecule has 0 aromatic heterocycles. The lowest BCUT2D eigenvalue weighted by Gasteiger charge is -2.39. The van der Waals surface area contributed by atoms with E-state index in [1.165, 1.54) is 72.5 Å². The number of aryl methyl sites for hydroxylation is 4. The maximum Gasteiger partial charge on any atom is 0.0684 e. The van der Waals surface area contributed by atoms with Gasteiger partial charge in [0.1, 0.15) is 0 Å². The highest BCUT2D eigenvalue weighted by Gasteiger charge is 2.30. The zero-order valence-electron chi connectivity index (χ0n) is 43.6. The largest absolute Gasteiger partial charge is 0.386 e. The Morgan fingerprint density at radius 2 is 0.864 bits per heavy atom. The molecule has 4 heteroatoms. The van der Waals surface area contributed by atoms with Crippen molar-refractivity contribution in [2.24, 2.45) is 5.41 Å². The number of benzene rings is 6. The van der Waals surface area contributed by atoms with Gasteiger partial charge in [-0.15, -0.1) is 0 Å². The van der Waals surface area contributed by atoms with Gasteiger partial charge in [-0.25, -0.2) is 0 Å². The third kappa shape index (κ3) is 9.90. The lowest BCUT2D eigenvalue weighted by atomic mass is 9.77. The van der Waals surface area contributed by atoms with Gasteiger partial charge in [-0.1, -0.05) is 163 Å². The fourth-order valence-corrected chi connectivity index (χ4v) is 10.9. The molecule has 0 aliphatic rings. The van der Waals surface area contributed by atoms with E-state index in [1.54, 1.807) is 0 Å². The van der Waals surface area contributed by atoms with Crippen LogP contribution >= 0.6 is 0 Å². The molecule has 6 rings (SSSR count). The average Bonchev–Trinajstić information content (AvgIpc) is 3.26. The van der Waals surface area contributed by atoms with Crippen molar-refractivity contribution in [1.29, 1.82) is 0 Å². The fourth-order valence-electron chi connectivity index (χ4n) is 10.9. The van der Waals surface area contributed by atoms with Gasteiger partial charge in [0.2, 0.25) is 0 Å². The normalized spacial score (nSPS) is 13.7. The third-order valence-corrected chi connectivity index (χ3v) is 14.3. The van der Waals surface area contributed by atoms with Gasteiger partial charge in [-0.3, -0.25) is 0 Å². The second-order valence-electron chi connectivity index (χ2n) is 20.8. The SMILES string of the molecule is CN/C(=C(/c1ccc(/C(=C(/NC)c2ccccc2)N(C)C(C)C(C)(C)C)cc1)N(C)C(C)c1c(C)cc(C)c(-c2ccc(-c3c(C)cc(C)c(C(C)(C)C)c3C)cc2)c1C)c1ccccc1. The van der Waals surface area contributed by atoms with Gasteiger partial charge in [-0.05, 0) is 155 Å². The minimum Gasteiger partial charge on any atom is -0.386 e. The fraction of sp³-hybridized carbons (Fsp3) is 0.355. The average molecular weight is 879 g/mol. The van der Waals surface area contributed by atoms with Gasteiger partial charge in [0, 0.05) is 34.2 Å². The van der Waals surface area contributed by atoms with Crippen molar-refractivity contribution in [2.75, 3.05) is 28.2 Å². The van der Waals surface area contributed by atoms with Crippen LogP contribution in [0.5, 0.6) is 0 Å². The number of rotatable bonds is 13. The first-order valence-electron chi connectivity index (χ1n) is 24.0. The zero-order valence-corrected chi connectivity index (χ0v) is 43.6. The molecule has 0 bridgehead atoms. The molecule has 0 heterocycles. The second-order valence-corrected chi connectivity index (χ2v) is 20.8. The Hall–Kier alpha value is -6.00. The Morgan fingerprint density at radius 1 is 0.470 bits per heavy atom. The molecule has 0 fully saturated rings. The lowest BCUT2D eigenvalue weighted by molar-refractivity contribution is 0.199. The Balaban J connectivity index is 1.47. The highest BCUT2D eigenvalue weighted by molar-refractivity contribution is 5.92. The van der Waals surface area contributed by atoms with E-state index in [9.17, 15) is 0 Å². The molecule has 4 nitrogen and oxygen atoms in total. The molecule has 0 spiro atoms. The van der Waals surface area contributed by atoms with Crippen molar-refractivity contribution in [3.05, 3.63) is 188 Å². The summed E-state index contributed by atoms with van der Waals surface area (Å²) in [5.41, 5.74) is 25.3. The van der Waals surface area contributed by atoms with E-state index in [0.717, 1.165) is 39.3 Å². The quantitative estimate of drug-likeness (QED) is 0.113. The number of hydrogen-bond acceptors (Lipinski definition) is 4. The van der Waals surface area contributed by atoms with Crippen molar-refractivity contribution < 1.29 is 0 Å².